The van der Waals surface area contributed by atoms with Gasteiger partial charge in [-0.15, -0.1) is 12.6 Å². The number of aliphatic hydroxyl groups excluding tert-OH is 1. The van der Waals surface area contributed by atoms with Crippen molar-refractivity contribution >= 4 is 24.3 Å². The van der Waals surface area contributed by atoms with Gasteiger partial charge in [-0.2, -0.15) is 0 Å². The zero-order chi connectivity index (χ0) is 10.7. The number of hydrogen-bond donors (Lipinski definition) is 5. The van der Waals surface area contributed by atoms with Gasteiger partial charge < -0.3 is 15.6 Å². The van der Waals surface area contributed by atoms with Gasteiger partial charge in [0.15, 0.2) is 6.10 Å². The molecule has 1 aromatic carbocycles. The summed E-state index contributed by atoms with van der Waals surface area (Å²) in [5, 5.41) is 18.0. The Morgan fingerprint density at radius 1 is 1.57 bits per heavy atom. The molecule has 0 spiro atoms. The van der Waals surface area contributed by atoms with Crippen molar-refractivity contribution in [2.24, 2.45) is 5.84 Å². The maximum absolute atomic E-state index is 10.6. The zero-order valence-corrected chi connectivity index (χ0v) is 8.03. The van der Waals surface area contributed by atoms with E-state index in [-0.39, 0.29) is 5.56 Å². The van der Waals surface area contributed by atoms with Gasteiger partial charge in [0.1, 0.15) is 0 Å². The molecule has 1 rings (SSSR count). The summed E-state index contributed by atoms with van der Waals surface area (Å²) < 4.78 is 0. The molecule has 0 aliphatic carbocycles. The van der Waals surface area contributed by atoms with Crippen molar-refractivity contribution in [3.63, 3.8) is 0 Å². The monoisotopic (exact) mass is 214 g/mol. The van der Waals surface area contributed by atoms with E-state index in [0.29, 0.717) is 10.6 Å². The standard InChI is InChI=1S/C8H10N2O3S/c9-10-4-2-1-3-5(14)6(4)7(11)8(12)13/h1-3,7,10-11,14H,9H2,(H,12,13). The van der Waals surface area contributed by atoms with Crippen LogP contribution in [0.1, 0.15) is 11.7 Å². The molecule has 1 aromatic rings. The minimum Gasteiger partial charge on any atom is -0.479 e. The lowest BCUT2D eigenvalue weighted by Crippen LogP contribution is -2.16. The lowest BCUT2D eigenvalue weighted by molar-refractivity contribution is -0.147. The number of hydrogen-bond acceptors (Lipinski definition) is 5. The molecule has 0 aliphatic rings. The van der Waals surface area contributed by atoms with E-state index in [9.17, 15) is 9.90 Å². The van der Waals surface area contributed by atoms with Crippen molar-refractivity contribution in [3.05, 3.63) is 23.8 Å². The first-order valence-corrected chi connectivity index (χ1v) is 4.22. The van der Waals surface area contributed by atoms with Crippen LogP contribution in [-0.2, 0) is 4.79 Å². The number of aliphatic hydroxyl groups is 1. The van der Waals surface area contributed by atoms with Gasteiger partial charge in [0.25, 0.3) is 0 Å². The number of hydrazine groups is 1. The number of nitrogens with two attached hydrogens (primary N) is 1. The summed E-state index contributed by atoms with van der Waals surface area (Å²) in [6, 6.07) is 4.78. The number of aliphatic carboxylic acids is 1. The molecule has 0 bridgehead atoms. The number of carboxylic acids is 1. The fraction of sp³-hybridized carbons (Fsp3) is 0.125. The largest absolute Gasteiger partial charge is 0.479 e. The fourth-order valence-electron chi connectivity index (χ4n) is 1.09. The first kappa shape index (κ1) is 10.8. The number of benzene rings is 1. The summed E-state index contributed by atoms with van der Waals surface area (Å²) in [4.78, 5) is 10.9. The summed E-state index contributed by atoms with van der Waals surface area (Å²) in [6.07, 6.45) is -1.63. The topological polar surface area (TPSA) is 95.6 Å². The Bertz CT molecular complexity index is 356. The van der Waals surface area contributed by atoms with Crippen molar-refractivity contribution in [2.45, 2.75) is 11.0 Å². The molecule has 0 heterocycles. The number of anilines is 1. The highest BCUT2D eigenvalue weighted by molar-refractivity contribution is 7.80. The van der Waals surface area contributed by atoms with Crippen LogP contribution < -0.4 is 11.3 Å². The molecule has 1 unspecified atom stereocenters. The summed E-state index contributed by atoms with van der Waals surface area (Å²) in [5.41, 5.74) is 2.80. The van der Waals surface area contributed by atoms with E-state index < -0.39 is 12.1 Å². The molecular weight excluding hydrogens is 204 g/mol. The molecule has 0 fully saturated rings. The first-order chi connectivity index (χ1) is 6.57. The summed E-state index contributed by atoms with van der Waals surface area (Å²) >= 11 is 4.04. The van der Waals surface area contributed by atoms with Crippen LogP contribution in [0.15, 0.2) is 23.1 Å². The van der Waals surface area contributed by atoms with Gasteiger partial charge >= 0.3 is 5.97 Å². The number of carboxylic acid groups (broad SMARTS) is 1. The molecule has 0 saturated heterocycles. The van der Waals surface area contributed by atoms with Crippen molar-refractivity contribution in [1.29, 1.82) is 0 Å². The number of nitrogens with one attached hydrogen (secondary N) is 1. The Labute approximate surface area is 85.9 Å². The van der Waals surface area contributed by atoms with Crippen LogP contribution in [-0.4, -0.2) is 16.2 Å². The molecule has 0 saturated carbocycles. The third-order valence-electron chi connectivity index (χ3n) is 1.75. The Morgan fingerprint density at radius 3 is 2.71 bits per heavy atom. The average molecular weight is 214 g/mol. The Balaban J connectivity index is 3.23. The van der Waals surface area contributed by atoms with Crippen molar-refractivity contribution < 1.29 is 15.0 Å². The second-order valence-corrected chi connectivity index (χ2v) is 3.11. The van der Waals surface area contributed by atoms with Gasteiger partial charge in [-0.3, -0.25) is 5.84 Å². The third kappa shape index (κ3) is 1.98. The number of nitrogen functional groups attached to an aromatic ring is 1. The van der Waals surface area contributed by atoms with Crippen LogP contribution in [0.5, 0.6) is 0 Å². The van der Waals surface area contributed by atoms with Gasteiger partial charge in [0.05, 0.1) is 5.69 Å². The average Bonchev–Trinajstić information content (AvgIpc) is 2.16. The molecular formula is C8H10N2O3S. The van der Waals surface area contributed by atoms with Gasteiger partial charge in [0.2, 0.25) is 0 Å². The maximum atomic E-state index is 10.6. The predicted molar refractivity (Wildman–Crippen MR) is 54.1 cm³/mol. The second kappa shape index (κ2) is 4.32. The van der Waals surface area contributed by atoms with Gasteiger partial charge in [-0.25, -0.2) is 4.79 Å². The zero-order valence-electron chi connectivity index (χ0n) is 7.14. The fourth-order valence-corrected chi connectivity index (χ4v) is 1.42. The van der Waals surface area contributed by atoms with E-state index in [4.69, 9.17) is 10.9 Å². The summed E-state index contributed by atoms with van der Waals surface area (Å²) in [7, 11) is 0. The van der Waals surface area contributed by atoms with E-state index >= 15 is 0 Å². The lowest BCUT2D eigenvalue weighted by atomic mass is 10.1. The Hall–Kier alpha value is -1.24. The normalized spacial score (nSPS) is 12.2. The van der Waals surface area contributed by atoms with Gasteiger partial charge in [-0.1, -0.05) is 6.07 Å². The van der Waals surface area contributed by atoms with Crippen LogP contribution in [0.3, 0.4) is 0 Å². The van der Waals surface area contributed by atoms with E-state index in [1.807, 2.05) is 0 Å². The maximum Gasteiger partial charge on any atom is 0.337 e. The highest BCUT2D eigenvalue weighted by atomic mass is 32.1. The second-order valence-electron chi connectivity index (χ2n) is 2.62. The first-order valence-electron chi connectivity index (χ1n) is 3.77. The molecule has 76 valence electrons. The SMILES string of the molecule is NNc1cccc(S)c1C(O)C(=O)O. The number of rotatable bonds is 3. The summed E-state index contributed by atoms with van der Waals surface area (Å²) in [5.74, 6) is 3.83. The molecule has 5 nitrogen and oxygen atoms in total. The van der Waals surface area contributed by atoms with Crippen molar-refractivity contribution in [2.75, 3.05) is 5.43 Å². The van der Waals surface area contributed by atoms with E-state index in [1.165, 1.54) is 0 Å². The van der Waals surface area contributed by atoms with E-state index in [0.717, 1.165) is 0 Å². The highest BCUT2D eigenvalue weighted by Crippen LogP contribution is 2.28. The molecule has 5 N–H and O–H groups in total. The van der Waals surface area contributed by atoms with Crippen LogP contribution in [0, 0.1) is 0 Å². The van der Waals surface area contributed by atoms with Crippen molar-refractivity contribution in [1.82, 2.24) is 0 Å². The molecule has 0 amide bonds. The van der Waals surface area contributed by atoms with E-state index in [2.05, 4.69) is 18.1 Å². The predicted octanol–water partition coefficient (Wildman–Crippen LogP) is 0.379. The summed E-state index contributed by atoms with van der Waals surface area (Å²) in [6.45, 7) is 0. The highest BCUT2D eigenvalue weighted by Gasteiger charge is 2.21. The molecule has 1 atom stereocenters. The van der Waals surface area contributed by atoms with Gasteiger partial charge in [0, 0.05) is 10.5 Å². The van der Waals surface area contributed by atoms with Crippen LogP contribution in [0.25, 0.3) is 0 Å². The molecule has 14 heavy (non-hydrogen) atoms. The molecule has 0 aromatic heterocycles. The van der Waals surface area contributed by atoms with Crippen molar-refractivity contribution in [3.8, 4) is 0 Å². The van der Waals surface area contributed by atoms with Crippen LogP contribution in [0.4, 0.5) is 5.69 Å². The number of thiol groups is 1. The smallest absolute Gasteiger partial charge is 0.337 e. The minimum atomic E-state index is -1.63. The molecule has 0 radical (unpaired) electrons. The van der Waals surface area contributed by atoms with Gasteiger partial charge in [-0.05, 0) is 12.1 Å². The number of carbonyl (C=O) groups is 1. The lowest BCUT2D eigenvalue weighted by Gasteiger charge is -2.13. The molecule has 6 heteroatoms. The molecule has 0 aliphatic heterocycles. The quantitative estimate of drug-likeness (QED) is 0.285. The minimum absolute atomic E-state index is 0.158. The van der Waals surface area contributed by atoms with E-state index in [1.54, 1.807) is 18.2 Å². The van der Waals surface area contributed by atoms with Crippen LogP contribution in [0.2, 0.25) is 0 Å². The van der Waals surface area contributed by atoms with Crippen LogP contribution >= 0.6 is 12.6 Å². The third-order valence-corrected chi connectivity index (χ3v) is 2.14. The Morgan fingerprint density at radius 2 is 2.21 bits per heavy atom. The Kier molecular flexibility index (Phi) is 3.34.